The highest BCUT2D eigenvalue weighted by Crippen LogP contribution is 2.29. The summed E-state index contributed by atoms with van der Waals surface area (Å²) in [6.07, 6.45) is 0.665. The maximum atomic E-state index is 12.7. The van der Waals surface area contributed by atoms with Gasteiger partial charge in [0.1, 0.15) is 11.5 Å². The molecule has 2 aromatic rings. The van der Waals surface area contributed by atoms with Crippen molar-refractivity contribution in [2.75, 3.05) is 19.0 Å². The summed E-state index contributed by atoms with van der Waals surface area (Å²) >= 11 is 0. The molecule has 2 aromatic carbocycles. The first kappa shape index (κ1) is 21.7. The Balaban J connectivity index is 1.72. The monoisotopic (exact) mass is 410 g/mol. The number of nitrogens with one attached hydrogen (secondary N) is 1. The Morgan fingerprint density at radius 1 is 1.27 bits per heavy atom. The van der Waals surface area contributed by atoms with Gasteiger partial charge in [-0.25, -0.2) is 0 Å². The molecular weight excluding hydrogens is 380 g/mol. The van der Waals surface area contributed by atoms with Gasteiger partial charge in [0.2, 0.25) is 5.91 Å². The summed E-state index contributed by atoms with van der Waals surface area (Å²) in [5.74, 6) is 1.81. The highest BCUT2D eigenvalue weighted by molar-refractivity contribution is 5.92. The van der Waals surface area contributed by atoms with Crippen LogP contribution >= 0.6 is 0 Å². The number of carbonyl (C=O) groups excluding carboxylic acids is 2. The third-order valence-electron chi connectivity index (χ3n) is 5.14. The summed E-state index contributed by atoms with van der Waals surface area (Å²) in [7, 11) is 1.60. The quantitative estimate of drug-likeness (QED) is 0.748. The van der Waals surface area contributed by atoms with Crippen LogP contribution in [0.25, 0.3) is 0 Å². The lowest BCUT2D eigenvalue weighted by atomic mass is 10.1. The van der Waals surface area contributed by atoms with Crippen molar-refractivity contribution < 1.29 is 19.1 Å². The molecule has 30 heavy (non-hydrogen) atoms. The zero-order chi connectivity index (χ0) is 21.7. The van der Waals surface area contributed by atoms with Crippen LogP contribution in [0.1, 0.15) is 38.3 Å². The minimum Gasteiger partial charge on any atom is -0.497 e. The van der Waals surface area contributed by atoms with Gasteiger partial charge in [-0.3, -0.25) is 9.59 Å². The maximum Gasteiger partial charge on any atom is 0.263 e. The van der Waals surface area contributed by atoms with Gasteiger partial charge in [0.05, 0.1) is 13.5 Å². The lowest BCUT2D eigenvalue weighted by Gasteiger charge is -2.23. The molecule has 0 fully saturated rings. The molecule has 0 aliphatic carbocycles. The van der Waals surface area contributed by atoms with Crippen molar-refractivity contribution in [3.8, 4) is 11.5 Å². The molecule has 2 amide bonds. The van der Waals surface area contributed by atoms with Gasteiger partial charge < -0.3 is 19.7 Å². The van der Waals surface area contributed by atoms with Gasteiger partial charge >= 0.3 is 0 Å². The summed E-state index contributed by atoms with van der Waals surface area (Å²) in [6, 6.07) is 13.0. The summed E-state index contributed by atoms with van der Waals surface area (Å²) < 4.78 is 11.1. The smallest absolute Gasteiger partial charge is 0.263 e. The Kier molecular flexibility index (Phi) is 6.98. The van der Waals surface area contributed by atoms with Crippen LogP contribution in [0.4, 0.5) is 5.69 Å². The molecule has 0 radical (unpaired) electrons. The minimum absolute atomic E-state index is 0.00420. The van der Waals surface area contributed by atoms with E-state index in [1.807, 2.05) is 47.4 Å². The van der Waals surface area contributed by atoms with Gasteiger partial charge in [-0.05, 0) is 55.2 Å². The molecule has 3 rings (SSSR count). The number of amides is 2. The Labute approximate surface area is 178 Å². The fourth-order valence-electron chi connectivity index (χ4n) is 3.45. The molecule has 1 unspecified atom stereocenters. The molecule has 1 atom stereocenters. The number of nitrogens with zero attached hydrogens (tertiary/aromatic N) is 1. The number of ether oxygens (including phenoxy) is 2. The van der Waals surface area contributed by atoms with Crippen LogP contribution in [0, 0.1) is 5.92 Å². The van der Waals surface area contributed by atoms with Crippen LogP contribution in [0.5, 0.6) is 11.5 Å². The molecule has 1 heterocycles. The second kappa shape index (κ2) is 9.65. The van der Waals surface area contributed by atoms with Crippen LogP contribution in [0.15, 0.2) is 42.5 Å². The number of benzene rings is 2. The number of carbonyl (C=O) groups is 2. The molecule has 6 heteroatoms. The Morgan fingerprint density at radius 2 is 2.07 bits per heavy atom. The Morgan fingerprint density at radius 3 is 2.80 bits per heavy atom. The van der Waals surface area contributed by atoms with Crippen LogP contribution in [-0.2, 0) is 22.6 Å². The van der Waals surface area contributed by atoms with Crippen LogP contribution in [-0.4, -0.2) is 36.5 Å². The number of hydrogen-bond acceptors (Lipinski definition) is 4. The van der Waals surface area contributed by atoms with Crippen molar-refractivity contribution in [3.63, 3.8) is 0 Å². The predicted molar refractivity (Wildman–Crippen MR) is 117 cm³/mol. The molecule has 0 aromatic heterocycles. The third-order valence-corrected chi connectivity index (χ3v) is 5.14. The van der Waals surface area contributed by atoms with Gasteiger partial charge in [0.25, 0.3) is 5.91 Å². The molecule has 6 nitrogen and oxygen atoms in total. The average Bonchev–Trinajstić information content (AvgIpc) is 2.83. The predicted octanol–water partition coefficient (Wildman–Crippen LogP) is 4.03. The van der Waals surface area contributed by atoms with E-state index in [0.717, 1.165) is 23.3 Å². The normalized spacial score (nSPS) is 16.0. The van der Waals surface area contributed by atoms with E-state index >= 15 is 0 Å². The van der Waals surface area contributed by atoms with E-state index in [-0.39, 0.29) is 18.2 Å². The van der Waals surface area contributed by atoms with E-state index < -0.39 is 6.10 Å². The second-order valence-corrected chi connectivity index (χ2v) is 8.10. The van der Waals surface area contributed by atoms with Gasteiger partial charge in [0.15, 0.2) is 6.10 Å². The lowest BCUT2D eigenvalue weighted by molar-refractivity contribution is -0.137. The summed E-state index contributed by atoms with van der Waals surface area (Å²) in [6.45, 7) is 7.24. The van der Waals surface area contributed by atoms with Crippen molar-refractivity contribution in [1.29, 1.82) is 0 Å². The van der Waals surface area contributed by atoms with Crippen LogP contribution < -0.4 is 14.8 Å². The van der Waals surface area contributed by atoms with Gasteiger partial charge in [-0.1, -0.05) is 26.0 Å². The zero-order valence-corrected chi connectivity index (χ0v) is 18.1. The Hall–Kier alpha value is -3.02. The largest absolute Gasteiger partial charge is 0.497 e. The molecule has 1 N–H and O–H groups in total. The minimum atomic E-state index is -0.521. The van der Waals surface area contributed by atoms with Crippen LogP contribution in [0.3, 0.4) is 0 Å². The molecule has 0 saturated heterocycles. The SMILES string of the molecule is COc1cccc(CC(=O)Nc2ccc3c(c2)CN(CCC(C)C)C(=O)C(C)O3)c1. The first-order chi connectivity index (χ1) is 14.4. The molecule has 0 bridgehead atoms. The second-order valence-electron chi connectivity index (χ2n) is 8.10. The standard InChI is InChI=1S/C24H30N2O4/c1-16(2)10-11-26-15-19-14-20(8-9-22(19)30-17(3)24(26)28)25-23(27)13-18-6-5-7-21(12-18)29-4/h5-9,12,14,16-17H,10-11,13,15H2,1-4H3,(H,25,27). The molecule has 0 saturated carbocycles. The van der Waals surface area contributed by atoms with Crippen molar-refractivity contribution in [2.45, 2.75) is 46.3 Å². The fourth-order valence-corrected chi connectivity index (χ4v) is 3.45. The van der Waals surface area contributed by atoms with Gasteiger partial charge in [-0.2, -0.15) is 0 Å². The third kappa shape index (κ3) is 5.53. The number of hydrogen-bond donors (Lipinski definition) is 1. The number of rotatable bonds is 7. The van der Waals surface area contributed by atoms with Crippen molar-refractivity contribution in [3.05, 3.63) is 53.6 Å². The molecule has 1 aliphatic heterocycles. The van der Waals surface area contributed by atoms with E-state index in [1.54, 1.807) is 14.0 Å². The first-order valence-corrected chi connectivity index (χ1v) is 10.4. The van der Waals surface area contributed by atoms with E-state index in [0.29, 0.717) is 30.4 Å². The van der Waals surface area contributed by atoms with Crippen molar-refractivity contribution in [2.24, 2.45) is 5.92 Å². The molecule has 1 aliphatic rings. The summed E-state index contributed by atoms with van der Waals surface area (Å²) in [5, 5.41) is 2.95. The summed E-state index contributed by atoms with van der Waals surface area (Å²) in [5.41, 5.74) is 2.47. The first-order valence-electron chi connectivity index (χ1n) is 10.4. The van der Waals surface area contributed by atoms with Crippen LogP contribution in [0.2, 0.25) is 0 Å². The van der Waals surface area contributed by atoms with E-state index in [2.05, 4.69) is 19.2 Å². The number of methoxy groups -OCH3 is 1. The van der Waals surface area contributed by atoms with E-state index in [1.165, 1.54) is 0 Å². The van der Waals surface area contributed by atoms with E-state index in [4.69, 9.17) is 9.47 Å². The number of fused-ring (bicyclic) bond motifs is 1. The van der Waals surface area contributed by atoms with Gasteiger partial charge in [0, 0.05) is 24.3 Å². The highest BCUT2D eigenvalue weighted by Gasteiger charge is 2.27. The van der Waals surface area contributed by atoms with Gasteiger partial charge in [-0.15, -0.1) is 0 Å². The molecule has 160 valence electrons. The number of anilines is 1. The maximum absolute atomic E-state index is 12.7. The van der Waals surface area contributed by atoms with Crippen molar-refractivity contribution >= 4 is 17.5 Å². The topological polar surface area (TPSA) is 67.9 Å². The van der Waals surface area contributed by atoms with E-state index in [9.17, 15) is 9.59 Å². The Bertz CT molecular complexity index is 910. The lowest BCUT2D eigenvalue weighted by Crippen LogP contribution is -2.38. The summed E-state index contributed by atoms with van der Waals surface area (Å²) in [4.78, 5) is 27.0. The fraction of sp³-hybridized carbons (Fsp3) is 0.417. The zero-order valence-electron chi connectivity index (χ0n) is 18.1. The molecule has 0 spiro atoms. The highest BCUT2D eigenvalue weighted by atomic mass is 16.5. The van der Waals surface area contributed by atoms with Crippen molar-refractivity contribution in [1.82, 2.24) is 4.90 Å². The molecular formula is C24H30N2O4. The average molecular weight is 411 g/mol.